The number of allylic oxidation sites excluding steroid dienone is 6. The summed E-state index contributed by atoms with van der Waals surface area (Å²) in [5.74, 6) is 1.70. The highest BCUT2D eigenvalue weighted by Crippen LogP contribution is 2.36. The van der Waals surface area contributed by atoms with Crippen LogP contribution in [0.5, 0.6) is 11.5 Å². The fourth-order valence-electron chi connectivity index (χ4n) is 3.40. The zero-order valence-corrected chi connectivity index (χ0v) is 21.6. The normalized spacial score (nSPS) is 15.2. The molecule has 0 aromatic heterocycles. The molecule has 1 N–H and O–H groups in total. The van der Waals surface area contributed by atoms with E-state index in [1.807, 2.05) is 6.07 Å². The van der Waals surface area contributed by atoms with Gasteiger partial charge in [-0.15, -0.1) is 12.4 Å². The Morgan fingerprint density at radius 3 is 2.03 bits per heavy atom. The fraction of sp³-hybridized carbons (Fsp3) is 0.500. The predicted molar refractivity (Wildman–Crippen MR) is 140 cm³/mol. The first kappa shape index (κ1) is 28.1. The van der Waals surface area contributed by atoms with E-state index in [1.54, 1.807) is 0 Å². The molecule has 1 aromatic carbocycles. The van der Waals surface area contributed by atoms with Gasteiger partial charge < -0.3 is 14.8 Å². The van der Waals surface area contributed by atoms with Crippen LogP contribution in [0.3, 0.4) is 0 Å². The van der Waals surface area contributed by atoms with Gasteiger partial charge in [0.1, 0.15) is 0 Å². The van der Waals surface area contributed by atoms with Crippen molar-refractivity contribution in [2.75, 3.05) is 6.54 Å². The molecule has 178 valence electrons. The van der Waals surface area contributed by atoms with Crippen LogP contribution in [0, 0.1) is 0 Å². The molecule has 0 aliphatic carbocycles. The molecule has 2 rings (SSSR count). The van der Waals surface area contributed by atoms with E-state index in [0.717, 1.165) is 56.7 Å². The molecule has 1 aliphatic rings. The predicted octanol–water partition coefficient (Wildman–Crippen LogP) is 8.07. The quantitative estimate of drug-likeness (QED) is 0.253. The first-order chi connectivity index (χ1) is 14.8. The molecule has 0 saturated carbocycles. The maximum Gasteiger partial charge on any atom is 0.244 e. The SMILES string of the molecule is CC(C)=CCC/C(C)=C/CNCc1ccc2c(c1)OC(C/C=C(\C)CCC=C(C)C)O2.Cl. The van der Waals surface area contributed by atoms with Crippen molar-refractivity contribution in [1.82, 2.24) is 5.32 Å². The van der Waals surface area contributed by atoms with Crippen molar-refractivity contribution in [3.05, 3.63) is 70.4 Å². The van der Waals surface area contributed by atoms with Crippen molar-refractivity contribution in [2.24, 2.45) is 0 Å². The van der Waals surface area contributed by atoms with Crippen molar-refractivity contribution < 1.29 is 9.47 Å². The van der Waals surface area contributed by atoms with Crippen LogP contribution in [0.2, 0.25) is 0 Å². The summed E-state index contributed by atoms with van der Waals surface area (Å²) < 4.78 is 12.0. The van der Waals surface area contributed by atoms with Crippen LogP contribution in [0.15, 0.2) is 64.8 Å². The van der Waals surface area contributed by atoms with Gasteiger partial charge in [0, 0.05) is 19.5 Å². The Balaban J connectivity index is 0.00000512. The van der Waals surface area contributed by atoms with Crippen LogP contribution in [0.1, 0.15) is 79.2 Å². The molecule has 1 unspecified atom stereocenters. The first-order valence-corrected chi connectivity index (χ1v) is 11.6. The maximum absolute atomic E-state index is 6.02. The Labute approximate surface area is 202 Å². The Bertz CT molecular complexity index is 828. The third kappa shape index (κ3) is 11.1. The molecular weight excluding hydrogens is 418 g/mol. The molecule has 0 amide bonds. The van der Waals surface area contributed by atoms with E-state index in [4.69, 9.17) is 9.47 Å². The summed E-state index contributed by atoms with van der Waals surface area (Å²) in [4.78, 5) is 0. The van der Waals surface area contributed by atoms with Crippen molar-refractivity contribution in [3.63, 3.8) is 0 Å². The molecule has 0 spiro atoms. The molecule has 0 fully saturated rings. The molecule has 1 aromatic rings. The van der Waals surface area contributed by atoms with Gasteiger partial charge in [0.05, 0.1) is 0 Å². The number of fused-ring (bicyclic) bond motifs is 1. The number of halogens is 1. The number of ether oxygens (including phenoxy) is 2. The van der Waals surface area contributed by atoms with Gasteiger partial charge in [-0.3, -0.25) is 0 Å². The lowest BCUT2D eigenvalue weighted by molar-refractivity contribution is 0.0525. The van der Waals surface area contributed by atoms with Crippen LogP contribution < -0.4 is 14.8 Å². The summed E-state index contributed by atoms with van der Waals surface area (Å²) in [5.41, 5.74) is 6.80. The second-order valence-corrected chi connectivity index (χ2v) is 9.05. The van der Waals surface area contributed by atoms with Gasteiger partial charge in [-0.1, -0.05) is 52.7 Å². The van der Waals surface area contributed by atoms with Gasteiger partial charge in [0.25, 0.3) is 0 Å². The summed E-state index contributed by atoms with van der Waals surface area (Å²) in [6, 6.07) is 6.24. The van der Waals surface area contributed by atoms with E-state index in [0.29, 0.717) is 0 Å². The van der Waals surface area contributed by atoms with E-state index < -0.39 is 0 Å². The average molecular weight is 460 g/mol. The third-order valence-electron chi connectivity index (χ3n) is 5.29. The lowest BCUT2D eigenvalue weighted by Gasteiger charge is -2.08. The van der Waals surface area contributed by atoms with Crippen LogP contribution in [0.4, 0.5) is 0 Å². The molecule has 1 heterocycles. The van der Waals surface area contributed by atoms with Gasteiger partial charge in [-0.25, -0.2) is 0 Å². The van der Waals surface area contributed by atoms with Gasteiger partial charge >= 0.3 is 0 Å². The highest BCUT2D eigenvalue weighted by molar-refractivity contribution is 5.85. The van der Waals surface area contributed by atoms with E-state index >= 15 is 0 Å². The molecule has 1 aliphatic heterocycles. The summed E-state index contributed by atoms with van der Waals surface area (Å²) >= 11 is 0. The monoisotopic (exact) mass is 459 g/mol. The van der Waals surface area contributed by atoms with Crippen molar-refractivity contribution >= 4 is 12.4 Å². The molecule has 4 heteroatoms. The summed E-state index contributed by atoms with van der Waals surface area (Å²) in [6.07, 6.45) is 14.1. The number of hydrogen-bond donors (Lipinski definition) is 1. The number of hydrogen-bond acceptors (Lipinski definition) is 3. The largest absolute Gasteiger partial charge is 0.451 e. The summed E-state index contributed by atoms with van der Waals surface area (Å²) in [6.45, 7) is 14.7. The molecule has 1 atom stereocenters. The second-order valence-electron chi connectivity index (χ2n) is 9.05. The van der Waals surface area contributed by atoms with E-state index in [-0.39, 0.29) is 18.7 Å². The number of rotatable bonds is 12. The molecule has 0 saturated heterocycles. The Hall–Kier alpha value is -1.97. The van der Waals surface area contributed by atoms with Crippen molar-refractivity contribution in [3.8, 4) is 11.5 Å². The van der Waals surface area contributed by atoms with Crippen molar-refractivity contribution in [1.29, 1.82) is 0 Å². The van der Waals surface area contributed by atoms with Gasteiger partial charge in [0.2, 0.25) is 6.29 Å². The lowest BCUT2D eigenvalue weighted by Crippen LogP contribution is -2.16. The number of nitrogens with one attached hydrogen (secondary N) is 1. The smallest absolute Gasteiger partial charge is 0.244 e. The van der Waals surface area contributed by atoms with E-state index in [9.17, 15) is 0 Å². The van der Waals surface area contributed by atoms with E-state index in [1.165, 1.54) is 27.9 Å². The Kier molecular flexibility index (Phi) is 13.1. The molecule has 0 radical (unpaired) electrons. The minimum atomic E-state index is -0.219. The van der Waals surface area contributed by atoms with Crippen LogP contribution in [-0.2, 0) is 6.54 Å². The Morgan fingerprint density at radius 1 is 0.812 bits per heavy atom. The zero-order chi connectivity index (χ0) is 22.6. The Morgan fingerprint density at radius 2 is 1.41 bits per heavy atom. The fourth-order valence-corrected chi connectivity index (χ4v) is 3.40. The van der Waals surface area contributed by atoms with Crippen molar-refractivity contribution in [2.45, 2.75) is 86.5 Å². The third-order valence-corrected chi connectivity index (χ3v) is 5.29. The first-order valence-electron chi connectivity index (χ1n) is 11.6. The van der Waals surface area contributed by atoms with Gasteiger partial charge in [-0.2, -0.15) is 0 Å². The standard InChI is InChI=1S/C28H41NO2.ClH/c1-21(2)9-7-11-23(5)13-16-28-30-26-15-14-25(19-27(26)31-28)20-29-18-17-24(6)12-8-10-22(3)4;/h9-10,13-15,17,19,28-29H,7-8,11-12,16,18,20H2,1-6H3;1H/b23-13+,24-17+;. The molecule has 3 nitrogen and oxygen atoms in total. The van der Waals surface area contributed by atoms with Gasteiger partial charge in [0.15, 0.2) is 11.5 Å². The van der Waals surface area contributed by atoms with Gasteiger partial charge in [-0.05, 0) is 84.9 Å². The van der Waals surface area contributed by atoms with Crippen LogP contribution in [0.25, 0.3) is 0 Å². The minimum absolute atomic E-state index is 0. The van der Waals surface area contributed by atoms with Crippen LogP contribution in [-0.4, -0.2) is 12.8 Å². The molecule has 0 bridgehead atoms. The number of benzene rings is 1. The topological polar surface area (TPSA) is 30.5 Å². The second kappa shape index (κ2) is 15.0. The highest BCUT2D eigenvalue weighted by atomic mass is 35.5. The molecular formula is C28H42ClNO2. The lowest BCUT2D eigenvalue weighted by atomic mass is 10.1. The van der Waals surface area contributed by atoms with E-state index in [2.05, 4.69) is 83.3 Å². The minimum Gasteiger partial charge on any atom is -0.451 e. The van der Waals surface area contributed by atoms with Crippen LogP contribution >= 0.6 is 12.4 Å². The zero-order valence-electron chi connectivity index (χ0n) is 20.8. The molecule has 32 heavy (non-hydrogen) atoms. The highest BCUT2D eigenvalue weighted by Gasteiger charge is 2.23. The maximum atomic E-state index is 6.02. The summed E-state index contributed by atoms with van der Waals surface area (Å²) in [5, 5.41) is 3.50. The summed E-state index contributed by atoms with van der Waals surface area (Å²) in [7, 11) is 0. The average Bonchev–Trinajstić information content (AvgIpc) is 3.11.